The standard InChI is InChI=1S/C11H17N3O/c1-14(7-6-11(12)13)9-4-3-5-10(8-9)15-2/h3-5,8H,6-7H2,1-2H3,(H3,12,13). The summed E-state index contributed by atoms with van der Waals surface area (Å²) in [6.45, 7) is 0.739. The second-order valence-electron chi connectivity index (χ2n) is 3.40. The van der Waals surface area contributed by atoms with Crippen molar-refractivity contribution in [3.63, 3.8) is 0 Å². The van der Waals surface area contributed by atoms with Crippen molar-refractivity contribution in [3.05, 3.63) is 24.3 Å². The molecule has 0 aliphatic heterocycles. The summed E-state index contributed by atoms with van der Waals surface area (Å²) in [7, 11) is 3.62. The molecule has 1 aromatic rings. The van der Waals surface area contributed by atoms with E-state index >= 15 is 0 Å². The minimum Gasteiger partial charge on any atom is -0.497 e. The van der Waals surface area contributed by atoms with Gasteiger partial charge in [0.05, 0.1) is 12.9 Å². The Balaban J connectivity index is 2.64. The summed E-state index contributed by atoms with van der Waals surface area (Å²) in [4.78, 5) is 2.05. The summed E-state index contributed by atoms with van der Waals surface area (Å²) in [6.07, 6.45) is 0.577. The quantitative estimate of drug-likeness (QED) is 0.567. The largest absolute Gasteiger partial charge is 0.497 e. The smallest absolute Gasteiger partial charge is 0.120 e. The molecule has 4 nitrogen and oxygen atoms in total. The van der Waals surface area contributed by atoms with Crippen LogP contribution in [-0.2, 0) is 0 Å². The molecule has 15 heavy (non-hydrogen) atoms. The molecule has 1 rings (SSSR count). The molecule has 0 heterocycles. The van der Waals surface area contributed by atoms with Crippen molar-refractivity contribution in [2.75, 3.05) is 25.6 Å². The highest BCUT2D eigenvalue weighted by Gasteiger charge is 2.02. The normalized spacial score (nSPS) is 9.73. The van der Waals surface area contributed by atoms with Gasteiger partial charge in [0.1, 0.15) is 5.75 Å². The minimum absolute atomic E-state index is 0.213. The second-order valence-corrected chi connectivity index (χ2v) is 3.40. The Morgan fingerprint density at radius 2 is 2.27 bits per heavy atom. The predicted molar refractivity (Wildman–Crippen MR) is 62.8 cm³/mol. The van der Waals surface area contributed by atoms with Gasteiger partial charge < -0.3 is 15.4 Å². The van der Waals surface area contributed by atoms with Gasteiger partial charge in [-0.3, -0.25) is 5.41 Å². The third-order valence-electron chi connectivity index (χ3n) is 2.21. The number of anilines is 1. The van der Waals surface area contributed by atoms with E-state index in [9.17, 15) is 0 Å². The second kappa shape index (κ2) is 5.24. The van der Waals surface area contributed by atoms with Crippen molar-refractivity contribution in [2.45, 2.75) is 6.42 Å². The topological polar surface area (TPSA) is 62.3 Å². The third kappa shape index (κ3) is 3.50. The van der Waals surface area contributed by atoms with Gasteiger partial charge in [-0.1, -0.05) is 6.07 Å². The Hall–Kier alpha value is -1.71. The summed E-state index contributed by atoms with van der Waals surface area (Å²) >= 11 is 0. The molecule has 0 amide bonds. The molecule has 0 radical (unpaired) electrons. The Morgan fingerprint density at radius 3 is 2.87 bits per heavy atom. The highest BCUT2D eigenvalue weighted by molar-refractivity contribution is 5.77. The lowest BCUT2D eigenvalue weighted by atomic mass is 10.2. The number of nitrogens with zero attached hydrogens (tertiary/aromatic N) is 1. The van der Waals surface area contributed by atoms with Crippen molar-refractivity contribution < 1.29 is 4.74 Å². The highest BCUT2D eigenvalue weighted by atomic mass is 16.5. The number of hydrogen-bond donors (Lipinski definition) is 2. The zero-order valence-electron chi connectivity index (χ0n) is 9.16. The van der Waals surface area contributed by atoms with E-state index < -0.39 is 0 Å². The molecule has 0 atom stereocenters. The minimum atomic E-state index is 0.213. The molecule has 3 N–H and O–H groups in total. The lowest BCUT2D eigenvalue weighted by molar-refractivity contribution is 0.415. The molecule has 0 bridgehead atoms. The third-order valence-corrected chi connectivity index (χ3v) is 2.21. The number of ether oxygens (including phenoxy) is 1. The predicted octanol–water partition coefficient (Wildman–Crippen LogP) is 1.46. The lowest BCUT2D eigenvalue weighted by Gasteiger charge is -2.19. The first-order valence-corrected chi connectivity index (χ1v) is 4.81. The first-order chi connectivity index (χ1) is 7.13. The van der Waals surface area contributed by atoms with Gasteiger partial charge in [0.25, 0.3) is 0 Å². The van der Waals surface area contributed by atoms with E-state index in [1.165, 1.54) is 0 Å². The van der Waals surface area contributed by atoms with Gasteiger partial charge in [-0.15, -0.1) is 0 Å². The van der Waals surface area contributed by atoms with Gasteiger partial charge in [0.15, 0.2) is 0 Å². The van der Waals surface area contributed by atoms with Gasteiger partial charge in [0, 0.05) is 31.8 Å². The molecule has 0 spiro atoms. The molecule has 0 unspecified atom stereocenters. The summed E-state index contributed by atoms with van der Waals surface area (Å²) in [6, 6.07) is 7.81. The number of nitrogens with one attached hydrogen (secondary N) is 1. The molecule has 0 fully saturated rings. The molecule has 0 aliphatic rings. The van der Waals surface area contributed by atoms with Crippen LogP contribution >= 0.6 is 0 Å². The van der Waals surface area contributed by atoms with Gasteiger partial charge in [-0.05, 0) is 12.1 Å². The van der Waals surface area contributed by atoms with Crippen molar-refractivity contribution in [2.24, 2.45) is 5.73 Å². The van der Waals surface area contributed by atoms with Crippen molar-refractivity contribution in [1.82, 2.24) is 0 Å². The van der Waals surface area contributed by atoms with Crippen LogP contribution in [-0.4, -0.2) is 26.5 Å². The maximum Gasteiger partial charge on any atom is 0.120 e. The van der Waals surface area contributed by atoms with Crippen LogP contribution in [0, 0.1) is 5.41 Å². The Labute approximate surface area is 90.2 Å². The molecule has 1 aromatic carbocycles. The Kier molecular flexibility index (Phi) is 3.97. The van der Waals surface area contributed by atoms with Crippen LogP contribution in [0.5, 0.6) is 5.75 Å². The van der Waals surface area contributed by atoms with Crippen LogP contribution < -0.4 is 15.4 Å². The summed E-state index contributed by atoms with van der Waals surface area (Å²) in [5.41, 5.74) is 6.37. The maximum atomic E-state index is 7.15. The molecular formula is C11H17N3O. The van der Waals surface area contributed by atoms with E-state index in [2.05, 4.69) is 0 Å². The summed E-state index contributed by atoms with van der Waals surface area (Å²) in [5, 5.41) is 7.15. The van der Waals surface area contributed by atoms with Crippen molar-refractivity contribution >= 4 is 11.5 Å². The van der Waals surface area contributed by atoms with Crippen molar-refractivity contribution in [1.29, 1.82) is 5.41 Å². The van der Waals surface area contributed by atoms with Crippen LogP contribution in [0.3, 0.4) is 0 Å². The molecule has 0 saturated heterocycles. The van der Waals surface area contributed by atoms with E-state index in [1.807, 2.05) is 36.2 Å². The lowest BCUT2D eigenvalue weighted by Crippen LogP contribution is -2.23. The average molecular weight is 207 g/mol. The number of rotatable bonds is 5. The van der Waals surface area contributed by atoms with E-state index in [0.717, 1.165) is 18.0 Å². The maximum absolute atomic E-state index is 7.15. The summed E-state index contributed by atoms with van der Waals surface area (Å²) < 4.78 is 5.14. The molecule has 0 saturated carbocycles. The number of amidine groups is 1. The fourth-order valence-electron chi connectivity index (χ4n) is 1.27. The number of nitrogens with two attached hydrogens (primary N) is 1. The van der Waals surface area contributed by atoms with Gasteiger partial charge in [-0.2, -0.15) is 0 Å². The fourth-order valence-corrected chi connectivity index (χ4v) is 1.27. The zero-order valence-corrected chi connectivity index (χ0v) is 9.16. The highest BCUT2D eigenvalue weighted by Crippen LogP contribution is 2.19. The first kappa shape index (κ1) is 11.4. The van der Waals surface area contributed by atoms with Crippen LogP contribution in [0.15, 0.2) is 24.3 Å². The van der Waals surface area contributed by atoms with Crippen molar-refractivity contribution in [3.8, 4) is 5.75 Å². The van der Waals surface area contributed by atoms with E-state index in [0.29, 0.717) is 6.42 Å². The van der Waals surface area contributed by atoms with E-state index in [1.54, 1.807) is 7.11 Å². The number of methoxy groups -OCH3 is 1. The van der Waals surface area contributed by atoms with Crippen LogP contribution in [0.1, 0.15) is 6.42 Å². The van der Waals surface area contributed by atoms with Crippen LogP contribution in [0.25, 0.3) is 0 Å². The first-order valence-electron chi connectivity index (χ1n) is 4.81. The molecule has 0 aromatic heterocycles. The Bertz CT molecular complexity index is 338. The SMILES string of the molecule is COc1cccc(N(C)CCC(=N)N)c1. The summed E-state index contributed by atoms with van der Waals surface area (Å²) in [5.74, 6) is 1.05. The number of hydrogen-bond acceptors (Lipinski definition) is 3. The van der Waals surface area contributed by atoms with Gasteiger partial charge in [0.2, 0.25) is 0 Å². The van der Waals surface area contributed by atoms with E-state index in [4.69, 9.17) is 15.9 Å². The van der Waals surface area contributed by atoms with Crippen LogP contribution in [0.2, 0.25) is 0 Å². The van der Waals surface area contributed by atoms with Gasteiger partial charge >= 0.3 is 0 Å². The monoisotopic (exact) mass is 207 g/mol. The molecule has 4 heteroatoms. The fraction of sp³-hybridized carbons (Fsp3) is 0.364. The zero-order chi connectivity index (χ0) is 11.3. The van der Waals surface area contributed by atoms with Crippen LogP contribution in [0.4, 0.5) is 5.69 Å². The molecule has 0 aliphatic carbocycles. The van der Waals surface area contributed by atoms with Gasteiger partial charge in [-0.25, -0.2) is 0 Å². The molecule has 82 valence electrons. The molecular weight excluding hydrogens is 190 g/mol. The van der Waals surface area contributed by atoms with E-state index in [-0.39, 0.29) is 5.84 Å². The average Bonchev–Trinajstić information content (AvgIpc) is 2.26. The Morgan fingerprint density at radius 1 is 1.53 bits per heavy atom. The number of benzene rings is 1.